The average molecular weight is 577 g/mol. The highest BCUT2D eigenvalue weighted by Gasteiger charge is 2.38. The quantitative estimate of drug-likeness (QED) is 0.507. The summed E-state index contributed by atoms with van der Waals surface area (Å²) < 4.78 is 65.3. The molecule has 0 saturated carbocycles. The van der Waals surface area contributed by atoms with E-state index in [1.165, 1.54) is 12.1 Å². The monoisotopic (exact) mass is 576 g/mol. The molecule has 0 aliphatic carbocycles. The Morgan fingerprint density at radius 2 is 1.77 bits per heavy atom. The van der Waals surface area contributed by atoms with Crippen molar-refractivity contribution in [2.75, 3.05) is 57.0 Å². The van der Waals surface area contributed by atoms with Crippen LogP contribution in [0, 0.1) is 24.5 Å². The van der Waals surface area contributed by atoms with Gasteiger partial charge in [-0.1, -0.05) is 5.57 Å². The number of alkyl halides is 3. The molecule has 2 aliphatic rings. The number of nitrogens with one attached hydrogen (secondary N) is 1. The van der Waals surface area contributed by atoms with Crippen LogP contribution in [0.2, 0.25) is 0 Å². The third kappa shape index (κ3) is 8.58. The Hall–Kier alpha value is -3.33. The van der Waals surface area contributed by atoms with E-state index in [-0.39, 0.29) is 11.6 Å². The minimum atomic E-state index is -5.08. The van der Waals surface area contributed by atoms with Crippen molar-refractivity contribution < 1.29 is 36.6 Å². The first-order valence-electron chi connectivity index (χ1n) is 12.0. The van der Waals surface area contributed by atoms with Gasteiger partial charge in [-0.05, 0) is 45.0 Å². The number of rotatable bonds is 5. The van der Waals surface area contributed by atoms with Crippen LogP contribution in [0.25, 0.3) is 6.08 Å². The number of carbonyl (C=O) groups is 2. The van der Waals surface area contributed by atoms with Gasteiger partial charge in [-0.25, -0.2) is 23.4 Å². The molecule has 1 aromatic heterocycles. The molecule has 2 aliphatic heterocycles. The van der Waals surface area contributed by atoms with Crippen LogP contribution >= 0.6 is 11.5 Å². The maximum atomic E-state index is 14.8. The number of hydrogen-bond donors (Lipinski definition) is 2. The van der Waals surface area contributed by atoms with Crippen LogP contribution in [0.5, 0.6) is 0 Å². The number of amides is 2. The second kappa shape index (κ2) is 12.7. The fraction of sp³-hybridized carbons (Fsp3) is 0.500. The predicted octanol–water partition coefficient (Wildman–Crippen LogP) is 4.47. The standard InChI is InChI=1S/C22H28F2N6OS.C2HF3O2/c1-14-25-21(32-27-14)26-22(31)30-6-4-15(5-7-30)8-18-19(23)9-17(10-20(18)24)29(3)13-16-11-28(2)12-16;3-2(4,5)1(6)7/h8-10,16H,4-7,11-13H2,1-3H3,(H,25,26,27,31);(H,6,7). The van der Waals surface area contributed by atoms with E-state index in [1.54, 1.807) is 17.9 Å². The van der Waals surface area contributed by atoms with Crippen molar-refractivity contribution >= 4 is 40.4 Å². The minimum absolute atomic E-state index is 0.0113. The van der Waals surface area contributed by atoms with Crippen molar-refractivity contribution in [3.05, 3.63) is 40.7 Å². The van der Waals surface area contributed by atoms with Crippen molar-refractivity contribution in [2.45, 2.75) is 25.9 Å². The van der Waals surface area contributed by atoms with E-state index in [0.717, 1.165) is 36.7 Å². The SMILES string of the molecule is Cc1nsc(NC(=O)N2CCC(=Cc3c(F)cc(N(C)CC4CN(C)C4)cc3F)CC2)n1.O=C(O)C(F)(F)F. The van der Waals surface area contributed by atoms with E-state index in [1.807, 2.05) is 11.9 Å². The lowest BCUT2D eigenvalue weighted by Crippen LogP contribution is -2.48. The molecule has 2 aromatic rings. The van der Waals surface area contributed by atoms with Gasteiger partial charge in [0.05, 0.1) is 0 Å². The van der Waals surface area contributed by atoms with Gasteiger partial charge in [-0.15, -0.1) is 0 Å². The molecule has 2 amide bonds. The Balaban J connectivity index is 0.000000532. The van der Waals surface area contributed by atoms with Gasteiger partial charge in [0.15, 0.2) is 0 Å². The first-order chi connectivity index (χ1) is 18.2. The number of urea groups is 1. The van der Waals surface area contributed by atoms with Gasteiger partial charge in [0, 0.05) is 68.5 Å². The lowest BCUT2D eigenvalue weighted by atomic mass is 9.99. The molecule has 0 atom stereocenters. The van der Waals surface area contributed by atoms with Crippen molar-refractivity contribution in [2.24, 2.45) is 5.92 Å². The lowest BCUT2D eigenvalue weighted by Gasteiger charge is -2.39. The molecular formula is C24H29F5N6O3S. The number of nitrogens with zero attached hydrogens (tertiary/aromatic N) is 5. The van der Waals surface area contributed by atoms with Crippen LogP contribution in [0.15, 0.2) is 17.7 Å². The third-order valence-electron chi connectivity index (χ3n) is 6.20. The van der Waals surface area contributed by atoms with Crippen LogP contribution in [-0.4, -0.2) is 89.3 Å². The molecule has 1 aromatic carbocycles. The van der Waals surface area contributed by atoms with Gasteiger partial charge in [-0.3, -0.25) is 5.32 Å². The van der Waals surface area contributed by atoms with E-state index >= 15 is 0 Å². The molecule has 3 heterocycles. The highest BCUT2D eigenvalue weighted by molar-refractivity contribution is 7.09. The van der Waals surface area contributed by atoms with Crippen molar-refractivity contribution in [1.29, 1.82) is 0 Å². The van der Waals surface area contributed by atoms with Crippen LogP contribution in [0.3, 0.4) is 0 Å². The van der Waals surface area contributed by atoms with Gasteiger partial charge < -0.3 is 19.8 Å². The molecule has 4 rings (SSSR count). The number of piperidine rings is 1. The molecule has 0 bridgehead atoms. The molecule has 0 radical (unpaired) electrons. The molecule has 39 heavy (non-hydrogen) atoms. The van der Waals surface area contributed by atoms with Gasteiger partial charge in [0.2, 0.25) is 5.13 Å². The summed E-state index contributed by atoms with van der Waals surface area (Å²) in [6, 6.07) is 2.58. The first kappa shape index (κ1) is 30.2. The van der Waals surface area contributed by atoms with Crippen LogP contribution in [0.4, 0.5) is 37.6 Å². The molecule has 15 heteroatoms. The van der Waals surface area contributed by atoms with Crippen LogP contribution in [0.1, 0.15) is 24.2 Å². The van der Waals surface area contributed by atoms with Gasteiger partial charge in [-0.2, -0.15) is 17.5 Å². The second-order valence-electron chi connectivity index (χ2n) is 9.46. The van der Waals surface area contributed by atoms with Gasteiger partial charge >= 0.3 is 18.2 Å². The zero-order valence-electron chi connectivity index (χ0n) is 21.6. The number of likely N-dealkylation sites (tertiary alicyclic amines) is 2. The number of benzene rings is 1. The summed E-state index contributed by atoms with van der Waals surface area (Å²) in [6.07, 6.45) is -2.35. The Morgan fingerprint density at radius 3 is 2.23 bits per heavy atom. The van der Waals surface area contributed by atoms with Crippen molar-refractivity contribution in [1.82, 2.24) is 19.2 Å². The highest BCUT2D eigenvalue weighted by Crippen LogP contribution is 2.27. The summed E-state index contributed by atoms with van der Waals surface area (Å²) in [7, 11) is 3.93. The maximum Gasteiger partial charge on any atom is 0.490 e. The van der Waals surface area contributed by atoms with Gasteiger partial charge in [0.25, 0.3) is 0 Å². The molecule has 214 valence electrons. The first-order valence-corrected chi connectivity index (χ1v) is 12.7. The Kier molecular flexibility index (Phi) is 9.83. The number of hydrogen-bond acceptors (Lipinski definition) is 7. The Morgan fingerprint density at radius 1 is 1.21 bits per heavy atom. The summed E-state index contributed by atoms with van der Waals surface area (Å²) >= 11 is 1.14. The van der Waals surface area contributed by atoms with E-state index in [4.69, 9.17) is 9.90 Å². The average Bonchev–Trinajstić information content (AvgIpc) is 3.24. The largest absolute Gasteiger partial charge is 0.490 e. The lowest BCUT2D eigenvalue weighted by molar-refractivity contribution is -0.192. The molecule has 2 saturated heterocycles. The summed E-state index contributed by atoms with van der Waals surface area (Å²) in [5.74, 6) is -2.73. The van der Waals surface area contributed by atoms with E-state index in [9.17, 15) is 26.7 Å². The number of carbonyl (C=O) groups excluding carboxylic acids is 1. The van der Waals surface area contributed by atoms with Crippen LogP contribution in [-0.2, 0) is 4.79 Å². The van der Waals surface area contributed by atoms with Crippen molar-refractivity contribution in [3.8, 4) is 0 Å². The van der Waals surface area contributed by atoms with E-state index in [0.29, 0.717) is 48.5 Å². The number of carboxylic acids is 1. The number of aryl methyl sites for hydroxylation is 1. The highest BCUT2D eigenvalue weighted by atomic mass is 32.1. The fourth-order valence-electron chi connectivity index (χ4n) is 4.23. The maximum absolute atomic E-state index is 14.8. The minimum Gasteiger partial charge on any atom is -0.475 e. The molecule has 0 unspecified atom stereocenters. The molecular weight excluding hydrogens is 547 g/mol. The summed E-state index contributed by atoms with van der Waals surface area (Å²) in [4.78, 5) is 31.2. The third-order valence-corrected chi connectivity index (χ3v) is 6.92. The number of anilines is 2. The zero-order chi connectivity index (χ0) is 28.9. The number of halogens is 5. The van der Waals surface area contributed by atoms with E-state index < -0.39 is 23.8 Å². The van der Waals surface area contributed by atoms with Gasteiger partial charge in [0.1, 0.15) is 17.5 Å². The summed E-state index contributed by atoms with van der Waals surface area (Å²) in [5.41, 5.74) is 1.47. The van der Waals surface area contributed by atoms with Crippen LogP contribution < -0.4 is 10.2 Å². The fourth-order valence-corrected chi connectivity index (χ4v) is 4.79. The number of carboxylic acid groups (broad SMARTS) is 1. The van der Waals surface area contributed by atoms with Crippen molar-refractivity contribution in [3.63, 3.8) is 0 Å². The molecule has 9 nitrogen and oxygen atoms in total. The molecule has 2 fully saturated rings. The zero-order valence-corrected chi connectivity index (χ0v) is 22.4. The summed E-state index contributed by atoms with van der Waals surface area (Å²) in [5, 5.41) is 10.3. The predicted molar refractivity (Wildman–Crippen MR) is 137 cm³/mol. The molecule has 0 spiro atoms. The Bertz CT molecular complexity index is 1180. The van der Waals surface area contributed by atoms with E-state index in [2.05, 4.69) is 26.6 Å². The number of aromatic nitrogens is 2. The topological polar surface area (TPSA) is 102 Å². The second-order valence-corrected chi connectivity index (χ2v) is 10.2. The Labute approximate surface area is 226 Å². The normalized spacial score (nSPS) is 16.2. The molecule has 2 N–H and O–H groups in total. The summed E-state index contributed by atoms with van der Waals surface area (Å²) in [6.45, 7) is 5.52. The number of aliphatic carboxylic acids is 1. The smallest absolute Gasteiger partial charge is 0.475 e.